The number of carbonyl (C=O) groups is 2. The van der Waals surface area contributed by atoms with Crippen LogP contribution in [0.4, 0.5) is 9.59 Å². The second-order valence-electron chi connectivity index (χ2n) is 2.65. The summed E-state index contributed by atoms with van der Waals surface area (Å²) >= 11 is 0. The number of amides is 1. The number of methoxy groups -OCH3 is 1. The molecule has 0 saturated heterocycles. The van der Waals surface area contributed by atoms with Crippen molar-refractivity contribution in [3.8, 4) is 0 Å². The van der Waals surface area contributed by atoms with Gasteiger partial charge in [-0.1, -0.05) is 13.8 Å². The molecule has 0 bridgehead atoms. The van der Waals surface area contributed by atoms with Crippen molar-refractivity contribution in [2.24, 2.45) is 5.92 Å². The Kier molecular flexibility index (Phi) is 5.42. The molecule has 0 aliphatic carbocycles. The largest absolute Gasteiger partial charge is 0.533 e. The molecule has 13 heavy (non-hydrogen) atoms. The number of hydrogen-bond acceptors (Lipinski definition) is 5. The number of ether oxygens (including phenoxy) is 2. The van der Waals surface area contributed by atoms with Gasteiger partial charge >= 0.3 is 12.2 Å². The lowest BCUT2D eigenvalue weighted by molar-refractivity contribution is 0.0206. The van der Waals surface area contributed by atoms with Crippen LogP contribution in [0.15, 0.2) is 0 Å². The molecule has 1 amide bonds. The van der Waals surface area contributed by atoms with Gasteiger partial charge in [-0.3, -0.25) is 0 Å². The molecule has 0 saturated carbocycles. The molecule has 0 atom stereocenters. The predicted molar refractivity (Wildman–Crippen MR) is 42.8 cm³/mol. The first-order valence-corrected chi connectivity index (χ1v) is 3.73. The summed E-state index contributed by atoms with van der Waals surface area (Å²) in [5, 5.41) is 0. The van der Waals surface area contributed by atoms with Crippen LogP contribution in [0, 0.1) is 5.92 Å². The van der Waals surface area contributed by atoms with Gasteiger partial charge in [0, 0.05) is 0 Å². The van der Waals surface area contributed by atoms with E-state index in [0.29, 0.717) is 0 Å². The van der Waals surface area contributed by atoms with Crippen LogP contribution in [0.1, 0.15) is 13.8 Å². The highest BCUT2D eigenvalue weighted by Crippen LogP contribution is 1.92. The lowest BCUT2D eigenvalue weighted by Crippen LogP contribution is -2.28. The van der Waals surface area contributed by atoms with Gasteiger partial charge < -0.3 is 14.3 Å². The Morgan fingerprint density at radius 1 is 1.38 bits per heavy atom. The number of rotatable bonds is 2. The van der Waals surface area contributed by atoms with Gasteiger partial charge in [0.15, 0.2) is 0 Å². The third kappa shape index (κ3) is 6.92. The van der Waals surface area contributed by atoms with Gasteiger partial charge in [-0.2, -0.15) is 0 Å². The Balaban J connectivity index is 3.46. The molecular weight excluding hydrogens is 178 g/mol. The Morgan fingerprint density at radius 3 is 2.46 bits per heavy atom. The van der Waals surface area contributed by atoms with Crippen LogP contribution >= 0.6 is 0 Å². The molecule has 0 spiro atoms. The summed E-state index contributed by atoms with van der Waals surface area (Å²) in [5.41, 5.74) is 1.75. The number of hydroxylamine groups is 1. The van der Waals surface area contributed by atoms with E-state index in [1.165, 1.54) is 0 Å². The number of hydrogen-bond donors (Lipinski definition) is 1. The molecule has 76 valence electrons. The van der Waals surface area contributed by atoms with Crippen molar-refractivity contribution in [1.29, 1.82) is 0 Å². The molecule has 0 fully saturated rings. The van der Waals surface area contributed by atoms with E-state index in [2.05, 4.69) is 14.3 Å². The fraction of sp³-hybridized carbons (Fsp3) is 0.714. The normalized spacial score (nSPS) is 9.23. The minimum Gasteiger partial charge on any atom is -0.447 e. The minimum atomic E-state index is -0.999. The summed E-state index contributed by atoms with van der Waals surface area (Å²) in [4.78, 5) is 25.1. The molecule has 0 aliphatic heterocycles. The summed E-state index contributed by atoms with van der Waals surface area (Å²) in [5.74, 6) is 0.226. The van der Waals surface area contributed by atoms with E-state index in [1.54, 1.807) is 5.48 Å². The van der Waals surface area contributed by atoms with Gasteiger partial charge in [-0.25, -0.2) is 9.59 Å². The van der Waals surface area contributed by atoms with E-state index < -0.39 is 12.2 Å². The maximum atomic E-state index is 10.7. The van der Waals surface area contributed by atoms with Crippen molar-refractivity contribution in [3.05, 3.63) is 0 Å². The fourth-order valence-electron chi connectivity index (χ4n) is 0.397. The highest BCUT2D eigenvalue weighted by Gasteiger charge is 2.07. The first kappa shape index (κ1) is 11.5. The van der Waals surface area contributed by atoms with Gasteiger partial charge in [-0.15, -0.1) is 5.48 Å². The Morgan fingerprint density at radius 2 is 2.00 bits per heavy atom. The third-order valence-electron chi connectivity index (χ3n) is 0.932. The van der Waals surface area contributed by atoms with Crippen LogP contribution in [-0.4, -0.2) is 26.0 Å². The summed E-state index contributed by atoms with van der Waals surface area (Å²) in [6.45, 7) is 4.03. The monoisotopic (exact) mass is 191 g/mol. The fourth-order valence-corrected chi connectivity index (χ4v) is 0.397. The van der Waals surface area contributed by atoms with Crippen molar-refractivity contribution in [2.75, 3.05) is 13.7 Å². The molecular formula is C7H13NO5. The first-order valence-electron chi connectivity index (χ1n) is 3.73. The molecule has 0 radical (unpaired) electrons. The van der Waals surface area contributed by atoms with E-state index in [9.17, 15) is 9.59 Å². The van der Waals surface area contributed by atoms with E-state index >= 15 is 0 Å². The van der Waals surface area contributed by atoms with Gasteiger partial charge in [0.1, 0.15) is 0 Å². The molecule has 6 heteroatoms. The molecule has 0 aromatic rings. The van der Waals surface area contributed by atoms with E-state index in [4.69, 9.17) is 0 Å². The summed E-state index contributed by atoms with van der Waals surface area (Å²) in [6, 6.07) is 0. The SMILES string of the molecule is COC(=O)ONC(=O)OCC(C)C. The highest BCUT2D eigenvalue weighted by atomic mass is 16.8. The minimum absolute atomic E-state index is 0.226. The summed E-state index contributed by atoms with van der Waals surface area (Å²) in [6.07, 6.45) is -1.82. The van der Waals surface area contributed by atoms with Gasteiger partial charge in [0.05, 0.1) is 13.7 Å². The molecule has 0 aromatic carbocycles. The molecule has 0 aromatic heterocycles. The van der Waals surface area contributed by atoms with Crippen molar-refractivity contribution >= 4 is 12.2 Å². The maximum Gasteiger partial charge on any atom is 0.533 e. The summed E-state index contributed by atoms with van der Waals surface area (Å²) in [7, 11) is 1.13. The van der Waals surface area contributed by atoms with Crippen LogP contribution < -0.4 is 5.48 Å². The van der Waals surface area contributed by atoms with Gasteiger partial charge in [0.25, 0.3) is 0 Å². The van der Waals surface area contributed by atoms with E-state index in [1.807, 2.05) is 13.8 Å². The molecule has 6 nitrogen and oxygen atoms in total. The lowest BCUT2D eigenvalue weighted by atomic mass is 10.2. The topological polar surface area (TPSA) is 73.9 Å². The van der Waals surface area contributed by atoms with Crippen molar-refractivity contribution in [1.82, 2.24) is 5.48 Å². The molecule has 0 heterocycles. The molecule has 0 rings (SSSR count). The Hall–Kier alpha value is -1.46. The van der Waals surface area contributed by atoms with E-state index in [-0.39, 0.29) is 12.5 Å². The smallest absolute Gasteiger partial charge is 0.447 e. The third-order valence-corrected chi connectivity index (χ3v) is 0.932. The van der Waals surface area contributed by atoms with Gasteiger partial charge in [-0.05, 0) is 5.92 Å². The van der Waals surface area contributed by atoms with Crippen LogP contribution in [0.2, 0.25) is 0 Å². The standard InChI is InChI=1S/C7H13NO5/c1-5(2)4-12-6(9)8-13-7(10)11-3/h5H,4H2,1-3H3,(H,8,9). The average molecular weight is 191 g/mol. The number of nitrogens with one attached hydrogen (secondary N) is 1. The zero-order chi connectivity index (χ0) is 10.3. The zero-order valence-corrected chi connectivity index (χ0v) is 7.83. The van der Waals surface area contributed by atoms with Crippen LogP contribution in [0.5, 0.6) is 0 Å². The summed E-state index contributed by atoms with van der Waals surface area (Å²) < 4.78 is 8.71. The Bertz CT molecular complexity index is 180. The first-order chi connectivity index (χ1) is 6.06. The van der Waals surface area contributed by atoms with Crippen molar-refractivity contribution < 1.29 is 23.9 Å². The molecule has 0 aliphatic rings. The maximum absolute atomic E-state index is 10.7. The average Bonchev–Trinajstić information content (AvgIpc) is 2.10. The van der Waals surface area contributed by atoms with Crippen LogP contribution in [0.3, 0.4) is 0 Å². The Labute approximate surface area is 76.1 Å². The lowest BCUT2D eigenvalue weighted by Gasteiger charge is -2.07. The van der Waals surface area contributed by atoms with Gasteiger partial charge in [0.2, 0.25) is 0 Å². The van der Waals surface area contributed by atoms with Crippen molar-refractivity contribution in [2.45, 2.75) is 13.8 Å². The zero-order valence-electron chi connectivity index (χ0n) is 7.83. The predicted octanol–water partition coefficient (Wildman–Crippen LogP) is 1.07. The highest BCUT2D eigenvalue weighted by molar-refractivity contribution is 5.68. The second-order valence-corrected chi connectivity index (χ2v) is 2.65. The van der Waals surface area contributed by atoms with Crippen molar-refractivity contribution in [3.63, 3.8) is 0 Å². The molecule has 1 N–H and O–H groups in total. The number of carbonyl (C=O) groups excluding carboxylic acids is 2. The van der Waals surface area contributed by atoms with Crippen LogP contribution in [0.25, 0.3) is 0 Å². The van der Waals surface area contributed by atoms with Crippen LogP contribution in [-0.2, 0) is 14.3 Å². The second kappa shape index (κ2) is 6.10. The van der Waals surface area contributed by atoms with E-state index in [0.717, 1.165) is 7.11 Å². The molecule has 0 unspecified atom stereocenters. The quantitative estimate of drug-likeness (QED) is 0.522.